The number of hydrazone groups is 1. The van der Waals surface area contributed by atoms with Gasteiger partial charge < -0.3 is 25.2 Å². The molecule has 258 valence electrons. The molecule has 0 heterocycles. The van der Waals surface area contributed by atoms with E-state index in [2.05, 4.69) is 33.3 Å². The van der Waals surface area contributed by atoms with Crippen LogP contribution >= 0.6 is 0 Å². The average Bonchev–Trinajstić information content (AvgIpc) is 3.39. The number of hydrogen-bond acceptors (Lipinski definition) is 7. The van der Waals surface area contributed by atoms with Crippen molar-refractivity contribution in [3.05, 3.63) is 95.6 Å². The van der Waals surface area contributed by atoms with Gasteiger partial charge in [0.15, 0.2) is 0 Å². The number of fused-ring (bicyclic) bond motifs is 3. The molecule has 0 aromatic heterocycles. The van der Waals surface area contributed by atoms with Crippen LogP contribution in [0.2, 0.25) is 0 Å². The van der Waals surface area contributed by atoms with Crippen molar-refractivity contribution < 1.29 is 33.8 Å². The van der Waals surface area contributed by atoms with Crippen LogP contribution < -0.4 is 16.1 Å². The second-order valence-corrected chi connectivity index (χ2v) is 13.6. The van der Waals surface area contributed by atoms with Gasteiger partial charge in [-0.25, -0.2) is 15.0 Å². The molecule has 0 saturated heterocycles. The van der Waals surface area contributed by atoms with Crippen molar-refractivity contribution in [1.29, 1.82) is 0 Å². The third-order valence-corrected chi connectivity index (χ3v) is 8.85. The summed E-state index contributed by atoms with van der Waals surface area (Å²) >= 11 is 0. The van der Waals surface area contributed by atoms with E-state index in [-0.39, 0.29) is 36.5 Å². The fourth-order valence-corrected chi connectivity index (χ4v) is 6.50. The van der Waals surface area contributed by atoms with Gasteiger partial charge in [0.25, 0.3) is 0 Å². The van der Waals surface area contributed by atoms with Crippen molar-refractivity contribution >= 4 is 29.8 Å². The van der Waals surface area contributed by atoms with E-state index in [0.29, 0.717) is 37.8 Å². The first-order valence-electron chi connectivity index (χ1n) is 16.7. The Kier molecular flexibility index (Phi) is 11.3. The van der Waals surface area contributed by atoms with E-state index in [4.69, 9.17) is 9.47 Å². The minimum Gasteiger partial charge on any atom is -0.481 e. The number of ether oxygens (including phenoxy) is 2. The first-order valence-corrected chi connectivity index (χ1v) is 16.7. The average molecular weight is 669 g/mol. The molecule has 3 aromatic rings. The van der Waals surface area contributed by atoms with Crippen LogP contribution in [0.1, 0.15) is 75.5 Å². The Hall–Kier alpha value is -5.19. The Morgan fingerprint density at radius 1 is 0.857 bits per heavy atom. The van der Waals surface area contributed by atoms with Gasteiger partial charge in [-0.1, -0.05) is 78.9 Å². The molecule has 0 aliphatic heterocycles. The van der Waals surface area contributed by atoms with Gasteiger partial charge in [0.1, 0.15) is 12.2 Å². The largest absolute Gasteiger partial charge is 0.481 e. The van der Waals surface area contributed by atoms with E-state index < -0.39 is 35.7 Å². The number of nitrogens with zero attached hydrogens (tertiary/aromatic N) is 1. The van der Waals surface area contributed by atoms with Gasteiger partial charge >= 0.3 is 24.1 Å². The number of alkyl carbamates (subject to hydrolysis) is 1. The Labute approximate surface area is 286 Å². The number of carboxylic acid groups (broad SMARTS) is 1. The number of amides is 3. The summed E-state index contributed by atoms with van der Waals surface area (Å²) in [7, 11) is 0. The zero-order chi connectivity index (χ0) is 35.0. The molecular weight excluding hydrogens is 624 g/mol. The van der Waals surface area contributed by atoms with Crippen LogP contribution in [0.15, 0.2) is 84.0 Å². The number of benzene rings is 3. The molecule has 1 fully saturated rings. The van der Waals surface area contributed by atoms with E-state index in [1.807, 2.05) is 42.5 Å². The first kappa shape index (κ1) is 35.1. The SMILES string of the molecule is CC(C)(C)OC(=O)C[C@H](NC(=O)OCC1c2ccccc2-c2ccccc21)C(=NNC(=O)NCC1CCC(C(=O)O)CC1)c1ccccc1. The molecule has 3 aromatic carbocycles. The summed E-state index contributed by atoms with van der Waals surface area (Å²) in [6, 6.07) is 23.4. The van der Waals surface area contributed by atoms with Crippen LogP contribution in [0.4, 0.5) is 9.59 Å². The lowest BCUT2D eigenvalue weighted by atomic mass is 9.82. The summed E-state index contributed by atoms with van der Waals surface area (Å²) in [5.41, 5.74) is 6.90. The van der Waals surface area contributed by atoms with Crippen LogP contribution in [0.3, 0.4) is 0 Å². The zero-order valence-corrected chi connectivity index (χ0v) is 28.1. The summed E-state index contributed by atoms with van der Waals surface area (Å²) in [5, 5.41) is 19.3. The second-order valence-electron chi connectivity index (χ2n) is 13.6. The van der Waals surface area contributed by atoms with E-state index in [0.717, 1.165) is 22.3 Å². The number of carbonyl (C=O) groups excluding carboxylic acids is 3. The molecule has 49 heavy (non-hydrogen) atoms. The number of carboxylic acids is 1. The Morgan fingerprint density at radius 3 is 2.04 bits per heavy atom. The third kappa shape index (κ3) is 9.46. The van der Waals surface area contributed by atoms with E-state index >= 15 is 0 Å². The normalized spacial score (nSPS) is 18.0. The molecule has 11 heteroatoms. The predicted molar refractivity (Wildman–Crippen MR) is 185 cm³/mol. The van der Waals surface area contributed by atoms with E-state index in [1.54, 1.807) is 45.0 Å². The van der Waals surface area contributed by atoms with Crippen LogP contribution in [0.25, 0.3) is 11.1 Å². The fraction of sp³-hybridized carbons (Fsp3) is 0.395. The topological polar surface area (TPSA) is 155 Å². The van der Waals surface area contributed by atoms with Gasteiger partial charge in [-0.05, 0) is 80.2 Å². The molecule has 2 aliphatic carbocycles. The monoisotopic (exact) mass is 668 g/mol. The summed E-state index contributed by atoms with van der Waals surface area (Å²) in [4.78, 5) is 50.7. The molecule has 1 atom stereocenters. The van der Waals surface area contributed by atoms with Crippen molar-refractivity contribution in [2.45, 2.75) is 70.4 Å². The van der Waals surface area contributed by atoms with Crippen LogP contribution in [0.5, 0.6) is 0 Å². The van der Waals surface area contributed by atoms with Crippen LogP contribution in [-0.4, -0.2) is 59.7 Å². The molecule has 0 spiro atoms. The Morgan fingerprint density at radius 2 is 1.45 bits per heavy atom. The zero-order valence-electron chi connectivity index (χ0n) is 28.1. The predicted octanol–water partition coefficient (Wildman–Crippen LogP) is 6.22. The van der Waals surface area contributed by atoms with Crippen LogP contribution in [0, 0.1) is 11.8 Å². The van der Waals surface area contributed by atoms with Crippen molar-refractivity contribution in [2.24, 2.45) is 16.9 Å². The molecule has 11 nitrogen and oxygen atoms in total. The highest BCUT2D eigenvalue weighted by Gasteiger charge is 2.31. The molecular formula is C38H44N4O7. The smallest absolute Gasteiger partial charge is 0.407 e. The number of carbonyl (C=O) groups is 4. The molecule has 0 radical (unpaired) electrons. The first-order chi connectivity index (χ1) is 23.5. The molecule has 0 unspecified atom stereocenters. The Balaban J connectivity index is 1.30. The maximum Gasteiger partial charge on any atom is 0.407 e. The maximum atomic E-state index is 13.4. The van der Waals surface area contributed by atoms with Gasteiger partial charge in [0.05, 0.1) is 24.1 Å². The molecule has 1 saturated carbocycles. The van der Waals surface area contributed by atoms with Gasteiger partial charge in [-0.3, -0.25) is 9.59 Å². The number of urea groups is 1. The summed E-state index contributed by atoms with van der Waals surface area (Å²) in [5.74, 6) is -1.68. The summed E-state index contributed by atoms with van der Waals surface area (Å²) < 4.78 is 11.4. The van der Waals surface area contributed by atoms with E-state index in [1.165, 1.54) is 0 Å². The number of nitrogens with one attached hydrogen (secondary N) is 3. The van der Waals surface area contributed by atoms with Gasteiger partial charge in [0.2, 0.25) is 0 Å². The van der Waals surface area contributed by atoms with Crippen molar-refractivity contribution in [3.8, 4) is 11.1 Å². The van der Waals surface area contributed by atoms with Crippen LogP contribution in [-0.2, 0) is 19.1 Å². The lowest BCUT2D eigenvalue weighted by Crippen LogP contribution is -2.45. The van der Waals surface area contributed by atoms with Crippen molar-refractivity contribution in [1.82, 2.24) is 16.1 Å². The highest BCUT2D eigenvalue weighted by Crippen LogP contribution is 2.44. The fourth-order valence-electron chi connectivity index (χ4n) is 6.50. The molecule has 2 aliphatic rings. The maximum absolute atomic E-state index is 13.4. The summed E-state index contributed by atoms with van der Waals surface area (Å²) in [6.07, 6.45) is 1.54. The van der Waals surface area contributed by atoms with E-state index in [9.17, 15) is 24.3 Å². The molecule has 5 rings (SSSR count). The Bertz CT molecular complexity index is 1630. The van der Waals surface area contributed by atoms with Gasteiger partial charge in [0, 0.05) is 12.5 Å². The lowest BCUT2D eigenvalue weighted by Gasteiger charge is -2.26. The molecule has 4 N–H and O–H groups in total. The van der Waals surface area contributed by atoms with Crippen molar-refractivity contribution in [3.63, 3.8) is 0 Å². The quantitative estimate of drug-likeness (QED) is 0.107. The standard InChI is InChI=1S/C38H44N4O7/c1-38(2,3)49-33(43)21-32(40-37(47)48-23-31-29-15-9-7-13-27(29)28-14-8-10-16-30(28)31)34(25-11-5-4-6-12-25)41-42-36(46)39-22-24-17-19-26(20-18-24)35(44)45/h4-16,24,26,31-32H,17-23H2,1-3H3,(H,40,47)(H,44,45)(H2,39,42,46)/t24?,26?,32-/m0/s1. The van der Waals surface area contributed by atoms with Gasteiger partial charge in [-0.2, -0.15) is 5.10 Å². The number of esters is 1. The number of hydrogen-bond donors (Lipinski definition) is 4. The molecule has 3 amide bonds. The minimum absolute atomic E-state index is 0.0753. The molecule has 0 bridgehead atoms. The second kappa shape index (κ2) is 15.8. The number of rotatable bonds is 11. The van der Waals surface area contributed by atoms with Crippen molar-refractivity contribution in [2.75, 3.05) is 13.2 Å². The highest BCUT2D eigenvalue weighted by atomic mass is 16.6. The van der Waals surface area contributed by atoms with Gasteiger partial charge in [-0.15, -0.1) is 0 Å². The highest BCUT2D eigenvalue weighted by molar-refractivity contribution is 6.07. The summed E-state index contributed by atoms with van der Waals surface area (Å²) in [6.45, 7) is 5.71. The number of aliphatic carboxylic acids is 1. The third-order valence-electron chi connectivity index (χ3n) is 8.85. The minimum atomic E-state index is -1.01. The lowest BCUT2D eigenvalue weighted by molar-refractivity contribution is -0.155.